The van der Waals surface area contributed by atoms with Crippen molar-refractivity contribution in [2.45, 2.75) is 0 Å². The number of nitrogens with zero attached hydrogens (tertiary/aromatic N) is 1. The Hall–Kier alpha value is -2.48. The summed E-state index contributed by atoms with van der Waals surface area (Å²) in [5.74, 6) is -1.95. The molecule has 0 atom stereocenters. The van der Waals surface area contributed by atoms with E-state index < -0.39 is 16.6 Å². The minimum Gasteiger partial charge on any atom is -0.506 e. The topological polar surface area (TPSA) is 92.5 Å². The molecule has 0 spiro atoms. The first-order valence-electron chi connectivity index (χ1n) is 5.63. The van der Waals surface area contributed by atoms with Gasteiger partial charge >= 0.3 is 0 Å². The summed E-state index contributed by atoms with van der Waals surface area (Å²) in [5.41, 5.74) is -0.747. The highest BCUT2D eigenvalue weighted by molar-refractivity contribution is 9.10. The number of non-ortho nitro benzene ring substituents is 1. The number of amides is 1. The third kappa shape index (κ3) is 3.16. The molecule has 0 radical (unpaired) electrons. The molecule has 0 aliphatic carbocycles. The molecule has 0 saturated carbocycles. The summed E-state index contributed by atoms with van der Waals surface area (Å²) < 4.78 is 13.9. The molecule has 2 rings (SSSR count). The Labute approximate surface area is 126 Å². The van der Waals surface area contributed by atoms with Crippen LogP contribution in [-0.4, -0.2) is 15.9 Å². The summed E-state index contributed by atoms with van der Waals surface area (Å²) in [5, 5.41) is 22.5. The molecule has 2 N–H and O–H groups in total. The number of anilines is 1. The number of benzene rings is 2. The fourth-order valence-corrected chi connectivity index (χ4v) is 2.16. The van der Waals surface area contributed by atoms with Crippen LogP contribution in [0.15, 0.2) is 40.9 Å². The number of hydrogen-bond acceptors (Lipinski definition) is 4. The average Bonchev–Trinajstić information content (AvgIpc) is 2.40. The normalized spacial score (nSPS) is 10.2. The third-order valence-corrected chi connectivity index (χ3v) is 3.29. The summed E-state index contributed by atoms with van der Waals surface area (Å²) in [7, 11) is 0. The number of nitro groups is 1. The van der Waals surface area contributed by atoms with E-state index in [0.717, 1.165) is 24.3 Å². The summed E-state index contributed by atoms with van der Waals surface area (Å²) in [4.78, 5) is 22.0. The van der Waals surface area contributed by atoms with Crippen molar-refractivity contribution in [1.29, 1.82) is 0 Å². The van der Waals surface area contributed by atoms with E-state index in [1.54, 1.807) is 0 Å². The van der Waals surface area contributed by atoms with Crippen LogP contribution in [0, 0.1) is 15.9 Å². The molecular formula is C13H8BrFN2O4. The lowest BCUT2D eigenvalue weighted by Crippen LogP contribution is -2.14. The standard InChI is InChI=1S/C13H8BrFN2O4/c14-8-2-1-3-9(15)12(8)13(19)16-10-6-7(17(20)21)4-5-11(10)18/h1-6,18H,(H,16,19). The van der Waals surface area contributed by atoms with Gasteiger partial charge in [0, 0.05) is 16.6 Å². The van der Waals surface area contributed by atoms with Crippen molar-refractivity contribution < 1.29 is 19.2 Å². The van der Waals surface area contributed by atoms with Crippen LogP contribution in [0.2, 0.25) is 0 Å². The zero-order valence-electron chi connectivity index (χ0n) is 10.3. The second-order valence-corrected chi connectivity index (χ2v) is 4.86. The molecule has 21 heavy (non-hydrogen) atoms. The minimum atomic E-state index is -0.837. The maximum atomic E-state index is 13.7. The van der Waals surface area contributed by atoms with Crippen LogP contribution in [0.1, 0.15) is 10.4 Å². The summed E-state index contributed by atoms with van der Waals surface area (Å²) >= 11 is 3.05. The van der Waals surface area contributed by atoms with Crippen molar-refractivity contribution in [3.8, 4) is 5.75 Å². The number of halogens is 2. The van der Waals surface area contributed by atoms with Gasteiger partial charge in [-0.1, -0.05) is 6.07 Å². The monoisotopic (exact) mass is 354 g/mol. The van der Waals surface area contributed by atoms with Crippen molar-refractivity contribution in [3.05, 3.63) is 62.4 Å². The van der Waals surface area contributed by atoms with E-state index >= 15 is 0 Å². The van der Waals surface area contributed by atoms with Crippen LogP contribution < -0.4 is 5.32 Å². The van der Waals surface area contributed by atoms with Gasteiger partial charge in [-0.05, 0) is 34.1 Å². The number of carbonyl (C=O) groups is 1. The van der Waals surface area contributed by atoms with Gasteiger partial charge in [0.05, 0.1) is 16.2 Å². The second-order valence-electron chi connectivity index (χ2n) is 4.01. The smallest absolute Gasteiger partial charge is 0.271 e. The van der Waals surface area contributed by atoms with Crippen molar-refractivity contribution in [1.82, 2.24) is 0 Å². The van der Waals surface area contributed by atoms with Crippen LogP contribution in [0.4, 0.5) is 15.8 Å². The van der Waals surface area contributed by atoms with Gasteiger partial charge in [-0.25, -0.2) is 4.39 Å². The maximum Gasteiger partial charge on any atom is 0.271 e. The number of phenols is 1. The highest BCUT2D eigenvalue weighted by atomic mass is 79.9. The number of phenolic OH excluding ortho intramolecular Hbond substituents is 1. The number of carbonyl (C=O) groups excluding carboxylic acids is 1. The molecule has 8 heteroatoms. The van der Waals surface area contributed by atoms with Crippen molar-refractivity contribution in [3.63, 3.8) is 0 Å². The highest BCUT2D eigenvalue weighted by Crippen LogP contribution is 2.29. The van der Waals surface area contributed by atoms with Gasteiger partial charge in [-0.15, -0.1) is 0 Å². The SMILES string of the molecule is O=C(Nc1cc([N+](=O)[O-])ccc1O)c1c(F)cccc1Br. The third-order valence-electron chi connectivity index (χ3n) is 2.63. The van der Waals surface area contributed by atoms with Gasteiger partial charge < -0.3 is 10.4 Å². The van der Waals surface area contributed by atoms with Crippen LogP contribution in [0.25, 0.3) is 0 Å². The number of nitro benzene ring substituents is 1. The lowest BCUT2D eigenvalue weighted by molar-refractivity contribution is -0.384. The second kappa shape index (κ2) is 5.88. The van der Waals surface area contributed by atoms with E-state index in [-0.39, 0.29) is 27.2 Å². The molecule has 0 aromatic heterocycles. The summed E-state index contributed by atoms with van der Waals surface area (Å²) in [6, 6.07) is 7.15. The predicted octanol–water partition coefficient (Wildman–Crippen LogP) is 3.45. The van der Waals surface area contributed by atoms with E-state index in [0.29, 0.717) is 0 Å². The fraction of sp³-hybridized carbons (Fsp3) is 0. The summed E-state index contributed by atoms with van der Waals surface area (Å²) in [6.45, 7) is 0. The first-order valence-corrected chi connectivity index (χ1v) is 6.42. The molecule has 0 unspecified atom stereocenters. The van der Waals surface area contributed by atoms with E-state index in [1.807, 2.05) is 0 Å². The molecule has 2 aromatic carbocycles. The fourth-order valence-electron chi connectivity index (χ4n) is 1.64. The van der Waals surface area contributed by atoms with Crippen molar-refractivity contribution in [2.24, 2.45) is 0 Å². The summed E-state index contributed by atoms with van der Waals surface area (Å²) in [6.07, 6.45) is 0. The first kappa shape index (κ1) is 14.9. The first-order chi connectivity index (χ1) is 9.90. The number of nitrogens with one attached hydrogen (secondary N) is 1. The molecule has 2 aromatic rings. The zero-order chi connectivity index (χ0) is 15.6. The zero-order valence-corrected chi connectivity index (χ0v) is 11.9. The van der Waals surface area contributed by atoms with E-state index in [9.17, 15) is 24.4 Å². The molecule has 0 saturated heterocycles. The lowest BCUT2D eigenvalue weighted by Gasteiger charge is -2.09. The Kier molecular flexibility index (Phi) is 4.18. The number of hydrogen-bond donors (Lipinski definition) is 2. The minimum absolute atomic E-state index is 0.177. The molecule has 108 valence electrons. The van der Waals surface area contributed by atoms with E-state index in [2.05, 4.69) is 21.2 Å². The molecule has 6 nitrogen and oxygen atoms in total. The predicted molar refractivity (Wildman–Crippen MR) is 76.8 cm³/mol. The van der Waals surface area contributed by atoms with Crippen molar-refractivity contribution in [2.75, 3.05) is 5.32 Å². The van der Waals surface area contributed by atoms with Gasteiger partial charge in [0.1, 0.15) is 11.6 Å². The Morgan fingerprint density at radius 2 is 2.05 bits per heavy atom. The van der Waals surface area contributed by atoms with Gasteiger partial charge in [-0.2, -0.15) is 0 Å². The molecule has 0 fully saturated rings. The molecule has 0 bridgehead atoms. The van der Waals surface area contributed by atoms with Gasteiger partial charge in [0.25, 0.3) is 11.6 Å². The van der Waals surface area contributed by atoms with Crippen molar-refractivity contribution >= 4 is 33.2 Å². The molecule has 1 amide bonds. The van der Waals surface area contributed by atoms with Crippen LogP contribution >= 0.6 is 15.9 Å². The van der Waals surface area contributed by atoms with Gasteiger partial charge in [0.2, 0.25) is 0 Å². The van der Waals surface area contributed by atoms with Gasteiger partial charge in [0.15, 0.2) is 0 Å². The molecule has 0 aliphatic heterocycles. The largest absolute Gasteiger partial charge is 0.506 e. The Bertz CT molecular complexity index is 716. The van der Waals surface area contributed by atoms with Crippen LogP contribution in [0.5, 0.6) is 5.75 Å². The quantitative estimate of drug-likeness (QED) is 0.501. The van der Waals surface area contributed by atoms with E-state index in [1.165, 1.54) is 12.1 Å². The Morgan fingerprint density at radius 3 is 2.67 bits per heavy atom. The average molecular weight is 355 g/mol. The van der Waals surface area contributed by atoms with Crippen LogP contribution in [0.3, 0.4) is 0 Å². The lowest BCUT2D eigenvalue weighted by atomic mass is 10.2. The molecule has 0 aliphatic rings. The highest BCUT2D eigenvalue weighted by Gasteiger charge is 2.18. The molecule has 0 heterocycles. The Balaban J connectivity index is 2.36. The van der Waals surface area contributed by atoms with E-state index in [4.69, 9.17) is 0 Å². The maximum absolute atomic E-state index is 13.7. The Morgan fingerprint density at radius 1 is 1.33 bits per heavy atom. The van der Waals surface area contributed by atoms with Crippen LogP contribution in [-0.2, 0) is 0 Å². The van der Waals surface area contributed by atoms with Gasteiger partial charge in [-0.3, -0.25) is 14.9 Å². The molecular weight excluding hydrogens is 347 g/mol. The number of aromatic hydroxyl groups is 1. The number of rotatable bonds is 3.